The molecule has 0 fully saturated rings. The van der Waals surface area contributed by atoms with E-state index >= 15 is 0 Å². The number of hydrogen-bond donors (Lipinski definition) is 2. The van der Waals surface area contributed by atoms with E-state index in [0.29, 0.717) is 16.8 Å². The van der Waals surface area contributed by atoms with Crippen molar-refractivity contribution in [2.45, 2.75) is 45.4 Å². The molecule has 0 bridgehead atoms. The molecule has 32 heavy (non-hydrogen) atoms. The van der Waals surface area contributed by atoms with Crippen LogP contribution in [0.3, 0.4) is 0 Å². The van der Waals surface area contributed by atoms with Crippen LogP contribution in [0, 0.1) is 0 Å². The lowest BCUT2D eigenvalue weighted by atomic mass is 10.0. The fourth-order valence-electron chi connectivity index (χ4n) is 3.06. The standard InChI is InChI=1S/C25H30N2O5/c1-3-4-5-6-18-7-9-19(10-8-18)22(28)15-16-24(30)32-17-23(29)27-21-13-11-20(12-14-21)25(31)26-2/h7-14H,3-6,15-17H2,1-2H3,(H,26,31)(H,27,29). The summed E-state index contributed by atoms with van der Waals surface area (Å²) in [5, 5.41) is 5.09. The molecule has 170 valence electrons. The number of hydrogen-bond acceptors (Lipinski definition) is 5. The highest BCUT2D eigenvalue weighted by atomic mass is 16.5. The Morgan fingerprint density at radius 3 is 2.12 bits per heavy atom. The van der Waals surface area contributed by atoms with E-state index in [9.17, 15) is 19.2 Å². The Balaban J connectivity index is 1.70. The molecule has 2 amide bonds. The van der Waals surface area contributed by atoms with Gasteiger partial charge in [0.15, 0.2) is 12.4 Å². The summed E-state index contributed by atoms with van der Waals surface area (Å²) in [5.74, 6) is -1.48. The highest BCUT2D eigenvalue weighted by molar-refractivity contribution is 5.98. The van der Waals surface area contributed by atoms with Crippen molar-refractivity contribution in [3.63, 3.8) is 0 Å². The molecule has 0 unspecified atom stereocenters. The highest BCUT2D eigenvalue weighted by Gasteiger charge is 2.12. The molecule has 2 aromatic rings. The maximum atomic E-state index is 12.3. The number of Topliss-reactive ketones (excluding diaryl/α,β-unsaturated/α-hetero) is 1. The van der Waals surface area contributed by atoms with E-state index in [4.69, 9.17) is 4.74 Å². The lowest BCUT2D eigenvalue weighted by Crippen LogP contribution is -2.21. The van der Waals surface area contributed by atoms with Crippen molar-refractivity contribution in [1.29, 1.82) is 0 Å². The predicted octanol–water partition coefficient (Wildman–Crippen LogP) is 3.92. The van der Waals surface area contributed by atoms with E-state index in [1.54, 1.807) is 36.4 Å². The first-order chi connectivity index (χ1) is 15.4. The number of ketones is 1. The Bertz CT molecular complexity index is 920. The summed E-state index contributed by atoms with van der Waals surface area (Å²) in [4.78, 5) is 47.6. The third-order valence-corrected chi connectivity index (χ3v) is 4.92. The number of esters is 1. The van der Waals surface area contributed by atoms with Crippen molar-refractivity contribution in [2.75, 3.05) is 19.0 Å². The van der Waals surface area contributed by atoms with Gasteiger partial charge >= 0.3 is 5.97 Å². The van der Waals surface area contributed by atoms with Gasteiger partial charge in [0.05, 0.1) is 6.42 Å². The first-order valence-electron chi connectivity index (χ1n) is 10.8. The molecular weight excluding hydrogens is 408 g/mol. The molecule has 0 aliphatic rings. The maximum absolute atomic E-state index is 12.3. The zero-order valence-electron chi connectivity index (χ0n) is 18.6. The van der Waals surface area contributed by atoms with E-state index in [2.05, 4.69) is 17.6 Å². The fraction of sp³-hybridized carbons (Fsp3) is 0.360. The molecule has 0 radical (unpaired) electrons. The number of carbonyl (C=O) groups excluding carboxylic acids is 4. The lowest BCUT2D eigenvalue weighted by Gasteiger charge is -2.07. The van der Waals surface area contributed by atoms with Crippen molar-refractivity contribution in [3.05, 3.63) is 65.2 Å². The van der Waals surface area contributed by atoms with Gasteiger partial charge < -0.3 is 15.4 Å². The van der Waals surface area contributed by atoms with E-state index in [-0.39, 0.29) is 24.5 Å². The lowest BCUT2D eigenvalue weighted by molar-refractivity contribution is -0.147. The number of rotatable bonds is 12. The van der Waals surface area contributed by atoms with Crippen LogP contribution in [-0.2, 0) is 20.7 Å². The van der Waals surface area contributed by atoms with Crippen LogP contribution in [0.5, 0.6) is 0 Å². The molecule has 2 aromatic carbocycles. The molecule has 0 atom stereocenters. The second-order valence-electron chi connectivity index (χ2n) is 7.44. The number of nitrogens with one attached hydrogen (secondary N) is 2. The number of anilines is 1. The molecule has 2 rings (SSSR count). The summed E-state index contributed by atoms with van der Waals surface area (Å²) in [6.07, 6.45) is 4.41. The summed E-state index contributed by atoms with van der Waals surface area (Å²) < 4.78 is 4.95. The predicted molar refractivity (Wildman–Crippen MR) is 123 cm³/mol. The minimum absolute atomic E-state index is 0.0244. The number of unbranched alkanes of at least 4 members (excludes halogenated alkanes) is 2. The summed E-state index contributed by atoms with van der Waals surface area (Å²) in [6, 6.07) is 13.8. The van der Waals surface area contributed by atoms with Gasteiger partial charge in [-0.2, -0.15) is 0 Å². The topological polar surface area (TPSA) is 102 Å². The SMILES string of the molecule is CCCCCc1ccc(C(=O)CCC(=O)OCC(=O)Nc2ccc(C(=O)NC)cc2)cc1. The number of aryl methyl sites for hydroxylation is 1. The van der Waals surface area contributed by atoms with E-state index in [1.807, 2.05) is 12.1 Å². The average Bonchev–Trinajstić information content (AvgIpc) is 2.81. The van der Waals surface area contributed by atoms with Crippen molar-refractivity contribution < 1.29 is 23.9 Å². The van der Waals surface area contributed by atoms with Gasteiger partial charge in [0.25, 0.3) is 11.8 Å². The molecule has 0 spiro atoms. The Hall–Kier alpha value is -3.48. The molecule has 0 aliphatic heterocycles. The van der Waals surface area contributed by atoms with E-state index in [0.717, 1.165) is 12.8 Å². The zero-order chi connectivity index (χ0) is 23.3. The van der Waals surface area contributed by atoms with Crippen molar-refractivity contribution in [3.8, 4) is 0 Å². The first kappa shape index (κ1) is 24.8. The normalized spacial score (nSPS) is 10.3. The van der Waals surface area contributed by atoms with Crippen LogP contribution >= 0.6 is 0 Å². The molecule has 2 N–H and O–H groups in total. The second kappa shape index (κ2) is 13.0. The number of amides is 2. The van der Waals surface area contributed by atoms with Crippen LogP contribution in [-0.4, -0.2) is 37.2 Å². The monoisotopic (exact) mass is 438 g/mol. The Kier molecular flexibility index (Phi) is 10.1. The molecule has 7 heteroatoms. The Morgan fingerprint density at radius 1 is 0.844 bits per heavy atom. The largest absolute Gasteiger partial charge is 0.456 e. The summed E-state index contributed by atoms with van der Waals surface area (Å²) in [6.45, 7) is 1.71. The van der Waals surface area contributed by atoms with Crippen LogP contribution in [0.4, 0.5) is 5.69 Å². The quantitative estimate of drug-likeness (QED) is 0.297. The number of carbonyl (C=O) groups is 4. The fourth-order valence-corrected chi connectivity index (χ4v) is 3.06. The van der Waals surface area contributed by atoms with Gasteiger partial charge in [-0.15, -0.1) is 0 Å². The minimum Gasteiger partial charge on any atom is -0.456 e. The van der Waals surface area contributed by atoms with Crippen LogP contribution in [0.25, 0.3) is 0 Å². The van der Waals surface area contributed by atoms with Crippen LogP contribution in [0.1, 0.15) is 65.3 Å². The van der Waals surface area contributed by atoms with Crippen LogP contribution < -0.4 is 10.6 Å². The molecular formula is C25H30N2O5. The number of ether oxygens (including phenoxy) is 1. The molecule has 0 heterocycles. The van der Waals surface area contributed by atoms with Crippen LogP contribution in [0.15, 0.2) is 48.5 Å². The summed E-state index contributed by atoms with van der Waals surface area (Å²) in [7, 11) is 1.53. The molecule has 0 aromatic heterocycles. The summed E-state index contributed by atoms with van der Waals surface area (Å²) in [5.41, 5.74) is 2.71. The average molecular weight is 439 g/mol. The molecule has 7 nitrogen and oxygen atoms in total. The van der Waals surface area contributed by atoms with Gasteiger partial charge in [0.2, 0.25) is 0 Å². The van der Waals surface area contributed by atoms with Crippen molar-refractivity contribution in [2.24, 2.45) is 0 Å². The van der Waals surface area contributed by atoms with Crippen molar-refractivity contribution in [1.82, 2.24) is 5.32 Å². The summed E-state index contributed by atoms with van der Waals surface area (Å²) >= 11 is 0. The first-order valence-corrected chi connectivity index (χ1v) is 10.8. The second-order valence-corrected chi connectivity index (χ2v) is 7.44. The highest BCUT2D eigenvalue weighted by Crippen LogP contribution is 2.12. The van der Waals surface area contributed by atoms with Gasteiger partial charge in [0.1, 0.15) is 0 Å². The molecule has 0 saturated heterocycles. The maximum Gasteiger partial charge on any atom is 0.306 e. The minimum atomic E-state index is -0.611. The Labute approximate surface area is 188 Å². The smallest absolute Gasteiger partial charge is 0.306 e. The van der Waals surface area contributed by atoms with Gasteiger partial charge in [-0.3, -0.25) is 19.2 Å². The van der Waals surface area contributed by atoms with E-state index in [1.165, 1.54) is 25.5 Å². The van der Waals surface area contributed by atoms with Gasteiger partial charge in [-0.05, 0) is 42.7 Å². The number of benzene rings is 2. The Morgan fingerprint density at radius 2 is 1.50 bits per heavy atom. The molecule has 0 saturated carbocycles. The van der Waals surface area contributed by atoms with Gasteiger partial charge in [0, 0.05) is 30.3 Å². The van der Waals surface area contributed by atoms with E-state index < -0.39 is 18.5 Å². The molecule has 0 aliphatic carbocycles. The zero-order valence-corrected chi connectivity index (χ0v) is 18.6. The van der Waals surface area contributed by atoms with Gasteiger partial charge in [-0.1, -0.05) is 44.0 Å². The third kappa shape index (κ3) is 8.34. The van der Waals surface area contributed by atoms with Gasteiger partial charge in [-0.25, -0.2) is 0 Å². The van der Waals surface area contributed by atoms with Crippen molar-refractivity contribution >= 4 is 29.3 Å². The van der Waals surface area contributed by atoms with Crippen LogP contribution in [0.2, 0.25) is 0 Å². The third-order valence-electron chi connectivity index (χ3n) is 4.92.